The van der Waals surface area contributed by atoms with Crippen molar-refractivity contribution in [3.05, 3.63) is 97.1 Å². The Morgan fingerprint density at radius 2 is 1.75 bits per heavy atom. The minimum Gasteiger partial charge on any atom is -0.497 e. The van der Waals surface area contributed by atoms with Crippen LogP contribution in [0.4, 0.5) is 11.4 Å². The lowest BCUT2D eigenvalue weighted by atomic mass is 10.1. The lowest BCUT2D eigenvalue weighted by molar-refractivity contribution is 0.100. The average Bonchev–Trinajstić information content (AvgIpc) is 3.44. The number of sulfone groups is 1. The van der Waals surface area contributed by atoms with Gasteiger partial charge in [0.05, 0.1) is 46.2 Å². The number of carbonyl (C=O) groups is 1. The van der Waals surface area contributed by atoms with Crippen molar-refractivity contribution in [1.29, 1.82) is 0 Å². The molecule has 0 fully saturated rings. The lowest BCUT2D eigenvalue weighted by Crippen LogP contribution is -2.14. The van der Waals surface area contributed by atoms with E-state index in [4.69, 9.17) is 14.9 Å². The quantitative estimate of drug-likeness (QED) is 0.316. The number of fused-ring (bicyclic) bond motifs is 1. The number of aromatic nitrogens is 1. The lowest BCUT2D eigenvalue weighted by Gasteiger charge is -2.15. The summed E-state index contributed by atoms with van der Waals surface area (Å²) < 4.78 is 37.0. The third-order valence-electron chi connectivity index (χ3n) is 5.77. The van der Waals surface area contributed by atoms with Gasteiger partial charge >= 0.3 is 0 Å². The fourth-order valence-corrected chi connectivity index (χ4v) is 5.19. The van der Waals surface area contributed by atoms with Crippen molar-refractivity contribution in [3.63, 3.8) is 0 Å². The molecule has 0 spiro atoms. The molecule has 0 radical (unpaired) electrons. The summed E-state index contributed by atoms with van der Waals surface area (Å²) in [7, 11) is -2.34. The van der Waals surface area contributed by atoms with Gasteiger partial charge in [0.25, 0.3) is 5.91 Å². The van der Waals surface area contributed by atoms with E-state index in [1.807, 2.05) is 30.3 Å². The molecule has 8 nitrogen and oxygen atoms in total. The van der Waals surface area contributed by atoms with Crippen molar-refractivity contribution >= 4 is 38.0 Å². The Labute approximate surface area is 207 Å². The van der Waals surface area contributed by atoms with Crippen LogP contribution >= 0.6 is 0 Å². The average molecular weight is 500 g/mol. The van der Waals surface area contributed by atoms with Gasteiger partial charge in [0.2, 0.25) is 9.84 Å². The van der Waals surface area contributed by atoms with Crippen molar-refractivity contribution in [1.82, 2.24) is 4.98 Å². The van der Waals surface area contributed by atoms with Gasteiger partial charge in [0.15, 0.2) is 0 Å². The first-order chi connectivity index (χ1) is 17.4. The monoisotopic (exact) mass is 499 g/mol. The van der Waals surface area contributed by atoms with E-state index in [9.17, 15) is 13.2 Å². The second-order valence-corrected chi connectivity index (χ2v) is 9.94. The molecule has 0 saturated carbocycles. The number of benzene rings is 3. The zero-order valence-corrected chi connectivity index (χ0v) is 20.0. The summed E-state index contributed by atoms with van der Waals surface area (Å²) >= 11 is 0. The van der Waals surface area contributed by atoms with E-state index < -0.39 is 15.7 Å². The number of nitrogens with one attached hydrogen (secondary N) is 1. The third-order valence-corrected chi connectivity index (χ3v) is 7.54. The van der Waals surface area contributed by atoms with E-state index in [0.29, 0.717) is 28.0 Å². The standard InChI is InChI=1S/C27H21N3O5S/c1-34-20-5-7-21(8-6-20)36(32,33)22-9-10-25-23(14-22)26(24(15-29-25)27(28)31)30-19-4-2-3-17(13-19)18-11-12-35-16-18/h2-16H,1H3,(H2,28,31)(H,29,30). The Hall–Kier alpha value is -4.63. The highest BCUT2D eigenvalue weighted by molar-refractivity contribution is 7.91. The summed E-state index contributed by atoms with van der Waals surface area (Å²) in [6.45, 7) is 0. The summed E-state index contributed by atoms with van der Waals surface area (Å²) in [5.74, 6) is -0.145. The predicted molar refractivity (Wildman–Crippen MR) is 136 cm³/mol. The molecule has 0 aliphatic carbocycles. The number of pyridine rings is 1. The molecule has 5 aromatic rings. The number of nitrogens with zero attached hydrogens (tertiary/aromatic N) is 1. The van der Waals surface area contributed by atoms with Gasteiger partial charge in [-0.2, -0.15) is 0 Å². The maximum atomic E-state index is 13.4. The van der Waals surface area contributed by atoms with Crippen LogP contribution in [0.25, 0.3) is 22.0 Å². The van der Waals surface area contributed by atoms with Gasteiger partial charge < -0.3 is 20.2 Å². The first-order valence-electron chi connectivity index (χ1n) is 10.9. The van der Waals surface area contributed by atoms with Gasteiger partial charge in [-0.15, -0.1) is 0 Å². The molecule has 0 bridgehead atoms. The van der Waals surface area contributed by atoms with Crippen LogP contribution in [-0.4, -0.2) is 26.4 Å². The Morgan fingerprint density at radius 1 is 0.972 bits per heavy atom. The number of hydrogen-bond donors (Lipinski definition) is 2. The van der Waals surface area contributed by atoms with Crippen molar-refractivity contribution in [2.75, 3.05) is 12.4 Å². The molecule has 1 amide bonds. The first kappa shape index (κ1) is 23.1. The first-order valence-corrected chi connectivity index (χ1v) is 12.4. The minimum absolute atomic E-state index is 0.0544. The number of ether oxygens (including phenoxy) is 1. The maximum Gasteiger partial charge on any atom is 0.252 e. The van der Waals surface area contributed by atoms with Crippen molar-refractivity contribution in [3.8, 4) is 16.9 Å². The van der Waals surface area contributed by atoms with Crippen LogP contribution in [0.2, 0.25) is 0 Å². The number of hydrogen-bond acceptors (Lipinski definition) is 7. The highest BCUT2D eigenvalue weighted by Crippen LogP contribution is 2.33. The van der Waals surface area contributed by atoms with E-state index in [2.05, 4.69) is 10.3 Å². The fraction of sp³-hybridized carbons (Fsp3) is 0.0370. The van der Waals surface area contributed by atoms with Crippen LogP contribution in [0, 0.1) is 0 Å². The number of primary amides is 1. The van der Waals surface area contributed by atoms with Crippen LogP contribution < -0.4 is 15.8 Å². The van der Waals surface area contributed by atoms with Crippen LogP contribution in [0.3, 0.4) is 0 Å². The number of amides is 1. The summed E-state index contributed by atoms with van der Waals surface area (Å²) in [5, 5.41) is 3.69. The molecule has 180 valence electrons. The highest BCUT2D eigenvalue weighted by atomic mass is 32.2. The minimum atomic E-state index is -3.85. The third kappa shape index (κ3) is 4.27. The normalized spacial score (nSPS) is 11.4. The predicted octanol–water partition coefficient (Wildman–Crippen LogP) is 5.18. The SMILES string of the molecule is COc1ccc(S(=O)(=O)c2ccc3ncc(C(N)=O)c(Nc4cccc(-c5ccoc5)c4)c3c2)cc1. The molecule has 36 heavy (non-hydrogen) atoms. The zero-order valence-electron chi connectivity index (χ0n) is 19.1. The molecule has 0 atom stereocenters. The van der Waals surface area contributed by atoms with Crippen LogP contribution in [0.5, 0.6) is 5.75 Å². The Morgan fingerprint density at radius 3 is 2.44 bits per heavy atom. The van der Waals surface area contributed by atoms with E-state index in [0.717, 1.165) is 11.1 Å². The van der Waals surface area contributed by atoms with Crippen LogP contribution in [-0.2, 0) is 9.84 Å². The summed E-state index contributed by atoms with van der Waals surface area (Å²) in [5.41, 5.74) is 9.11. The number of carbonyl (C=O) groups excluding carboxylic acids is 1. The summed E-state index contributed by atoms with van der Waals surface area (Å²) in [4.78, 5) is 16.8. The molecule has 0 aliphatic heterocycles. The van der Waals surface area contributed by atoms with Crippen molar-refractivity contribution in [2.45, 2.75) is 9.79 Å². The summed E-state index contributed by atoms with van der Waals surface area (Å²) in [6, 6.07) is 20.1. The highest BCUT2D eigenvalue weighted by Gasteiger charge is 2.21. The van der Waals surface area contributed by atoms with Crippen LogP contribution in [0.1, 0.15) is 10.4 Å². The Kier molecular flexibility index (Phi) is 5.91. The zero-order chi connectivity index (χ0) is 25.3. The molecular formula is C27H21N3O5S. The van der Waals surface area contributed by atoms with E-state index >= 15 is 0 Å². The number of nitrogens with two attached hydrogens (primary N) is 1. The van der Waals surface area contributed by atoms with Crippen molar-refractivity contribution in [2.24, 2.45) is 5.73 Å². The fourth-order valence-electron chi connectivity index (χ4n) is 3.90. The number of anilines is 2. The summed E-state index contributed by atoms with van der Waals surface area (Å²) in [6.07, 6.45) is 4.60. The van der Waals surface area contributed by atoms with Gasteiger partial charge in [-0.25, -0.2) is 8.42 Å². The van der Waals surface area contributed by atoms with Gasteiger partial charge in [0, 0.05) is 22.8 Å². The van der Waals surface area contributed by atoms with Crippen LogP contribution in [0.15, 0.2) is 106 Å². The Balaban J connectivity index is 1.63. The molecule has 9 heteroatoms. The molecule has 5 rings (SSSR count). The molecule has 3 N–H and O–H groups in total. The molecule has 2 heterocycles. The van der Waals surface area contributed by atoms with E-state index in [-0.39, 0.29) is 15.4 Å². The van der Waals surface area contributed by atoms with Gasteiger partial charge in [-0.05, 0) is 66.2 Å². The Bertz CT molecular complexity index is 1680. The number of furan rings is 1. The topological polar surface area (TPSA) is 125 Å². The largest absolute Gasteiger partial charge is 0.497 e. The van der Waals surface area contributed by atoms with E-state index in [1.165, 1.54) is 37.6 Å². The maximum absolute atomic E-state index is 13.4. The van der Waals surface area contributed by atoms with Gasteiger partial charge in [0.1, 0.15) is 5.75 Å². The second kappa shape index (κ2) is 9.20. The molecule has 3 aromatic carbocycles. The number of rotatable bonds is 7. The second-order valence-electron chi connectivity index (χ2n) is 7.99. The molecule has 0 unspecified atom stereocenters. The number of methoxy groups -OCH3 is 1. The molecular weight excluding hydrogens is 478 g/mol. The van der Waals surface area contributed by atoms with Gasteiger partial charge in [-0.3, -0.25) is 9.78 Å². The van der Waals surface area contributed by atoms with Crippen molar-refractivity contribution < 1.29 is 22.4 Å². The molecule has 2 aromatic heterocycles. The molecule has 0 saturated heterocycles. The van der Waals surface area contributed by atoms with E-state index in [1.54, 1.807) is 30.7 Å². The molecule has 0 aliphatic rings. The van der Waals surface area contributed by atoms with Gasteiger partial charge in [-0.1, -0.05) is 12.1 Å². The smallest absolute Gasteiger partial charge is 0.252 e.